The van der Waals surface area contributed by atoms with Crippen molar-refractivity contribution in [2.75, 3.05) is 0 Å². The van der Waals surface area contributed by atoms with Gasteiger partial charge in [0.2, 0.25) is 0 Å². The lowest BCUT2D eigenvalue weighted by Gasteiger charge is -2.14. The molecule has 0 N–H and O–H groups in total. The second-order valence-corrected chi connectivity index (χ2v) is 11.4. The van der Waals surface area contributed by atoms with Gasteiger partial charge in [0.05, 0.1) is 0 Å². The van der Waals surface area contributed by atoms with Gasteiger partial charge in [-0.25, -0.2) is 0 Å². The molecule has 0 bridgehead atoms. The van der Waals surface area contributed by atoms with Crippen LogP contribution in [0.15, 0.2) is 29.6 Å². The largest absolute Gasteiger partial charge is 0.144 e. The van der Waals surface area contributed by atoms with Crippen molar-refractivity contribution in [1.82, 2.24) is 0 Å². The molecule has 2 heteroatoms. The van der Waals surface area contributed by atoms with Crippen LogP contribution in [-0.4, -0.2) is 8.07 Å². The first-order valence-electron chi connectivity index (χ1n) is 5.01. The van der Waals surface area contributed by atoms with E-state index in [1.165, 1.54) is 16.1 Å². The van der Waals surface area contributed by atoms with Crippen molar-refractivity contribution in [3.8, 4) is 0 Å². The second kappa shape index (κ2) is 3.52. The highest BCUT2D eigenvalue weighted by molar-refractivity contribution is 7.17. The van der Waals surface area contributed by atoms with E-state index in [2.05, 4.69) is 49.3 Å². The van der Waals surface area contributed by atoms with Crippen molar-refractivity contribution >= 4 is 29.5 Å². The summed E-state index contributed by atoms with van der Waals surface area (Å²) < 4.78 is 1.43. The van der Waals surface area contributed by atoms with Gasteiger partial charge in [0, 0.05) is 12.8 Å². The van der Waals surface area contributed by atoms with Crippen LogP contribution in [0, 0.1) is 0 Å². The summed E-state index contributed by atoms with van der Waals surface area (Å²) in [5.41, 5.74) is 1.56. The maximum atomic E-state index is 2.43. The van der Waals surface area contributed by atoms with E-state index in [-0.39, 0.29) is 0 Å². The second-order valence-electron chi connectivity index (χ2n) is 4.99. The summed E-state index contributed by atoms with van der Waals surface area (Å²) in [5, 5.41) is 3.81. The van der Waals surface area contributed by atoms with E-state index in [1.807, 2.05) is 11.3 Å². The topological polar surface area (TPSA) is 0 Å². The third-order valence-corrected chi connectivity index (χ3v) is 4.74. The van der Waals surface area contributed by atoms with E-state index >= 15 is 0 Å². The molecule has 0 unspecified atom stereocenters. The van der Waals surface area contributed by atoms with Crippen LogP contribution >= 0.6 is 11.3 Å². The normalized spacial score (nSPS) is 12.2. The highest BCUT2D eigenvalue weighted by atomic mass is 32.1. The maximum Gasteiger partial charge on any atom is 0.0487 e. The molecule has 1 aromatic heterocycles. The summed E-state index contributed by atoms with van der Waals surface area (Å²) >= 11 is 1.88. The van der Waals surface area contributed by atoms with E-state index in [1.54, 1.807) is 5.56 Å². The predicted octanol–water partition coefficient (Wildman–Crippen LogP) is 4.32. The molecule has 0 aliphatic carbocycles. The lowest BCUT2D eigenvalue weighted by Crippen LogP contribution is -2.23. The fourth-order valence-electron chi connectivity index (χ4n) is 1.74. The van der Waals surface area contributed by atoms with Gasteiger partial charge >= 0.3 is 0 Å². The Hall–Kier alpha value is -0.603. The van der Waals surface area contributed by atoms with Crippen LogP contribution in [0.4, 0.5) is 0 Å². The minimum atomic E-state index is -0.972. The van der Waals surface area contributed by atoms with E-state index in [0.29, 0.717) is 0 Å². The molecule has 0 amide bonds. The summed E-state index contributed by atoms with van der Waals surface area (Å²) in [6.45, 7) is 7.29. The molecule has 0 saturated heterocycles. The van der Waals surface area contributed by atoms with Crippen LogP contribution in [-0.2, 0) is 6.04 Å². The fourth-order valence-corrected chi connectivity index (χ4v) is 4.29. The van der Waals surface area contributed by atoms with Crippen LogP contribution in [0.25, 0.3) is 10.1 Å². The molecule has 2 aromatic rings. The highest BCUT2D eigenvalue weighted by Crippen LogP contribution is 2.27. The van der Waals surface area contributed by atoms with Gasteiger partial charge in [-0.1, -0.05) is 37.8 Å². The maximum absolute atomic E-state index is 2.43. The molecule has 0 saturated carbocycles. The Balaban J connectivity index is 2.44. The van der Waals surface area contributed by atoms with Gasteiger partial charge in [0.1, 0.15) is 0 Å². The van der Waals surface area contributed by atoms with E-state index < -0.39 is 8.07 Å². The molecular formula is C12H16SSi. The first kappa shape index (κ1) is 9.93. The number of hydrogen-bond donors (Lipinski definition) is 0. The molecule has 0 atom stereocenters. The van der Waals surface area contributed by atoms with Gasteiger partial charge in [-0.3, -0.25) is 0 Å². The summed E-state index contributed by atoms with van der Waals surface area (Å²) in [4.78, 5) is 0. The van der Waals surface area contributed by atoms with Crippen LogP contribution in [0.5, 0.6) is 0 Å². The molecule has 0 nitrogen and oxygen atoms in total. The average Bonchev–Trinajstić information content (AvgIpc) is 2.47. The zero-order valence-electron chi connectivity index (χ0n) is 9.00. The van der Waals surface area contributed by atoms with Crippen molar-refractivity contribution in [3.63, 3.8) is 0 Å². The Morgan fingerprint density at radius 1 is 1.14 bits per heavy atom. The third-order valence-electron chi connectivity index (χ3n) is 2.28. The lowest BCUT2D eigenvalue weighted by molar-refractivity contribution is 1.36. The molecule has 0 aliphatic rings. The number of benzene rings is 1. The van der Waals surface area contributed by atoms with Crippen LogP contribution in [0.1, 0.15) is 5.56 Å². The monoisotopic (exact) mass is 220 g/mol. The van der Waals surface area contributed by atoms with E-state index in [9.17, 15) is 0 Å². The Morgan fingerprint density at radius 2 is 1.86 bits per heavy atom. The quantitative estimate of drug-likeness (QED) is 0.661. The summed E-state index contributed by atoms with van der Waals surface area (Å²) in [6.07, 6.45) is 0. The number of hydrogen-bond acceptors (Lipinski definition) is 1. The smallest absolute Gasteiger partial charge is 0.0487 e. The van der Waals surface area contributed by atoms with Crippen molar-refractivity contribution in [2.24, 2.45) is 0 Å². The highest BCUT2D eigenvalue weighted by Gasteiger charge is 2.15. The summed E-state index contributed by atoms with van der Waals surface area (Å²) in [7, 11) is -0.972. The Bertz CT molecular complexity index is 437. The van der Waals surface area contributed by atoms with Crippen LogP contribution in [0.3, 0.4) is 0 Å². The van der Waals surface area contributed by atoms with E-state index in [0.717, 1.165) is 0 Å². The molecule has 14 heavy (non-hydrogen) atoms. The molecular weight excluding hydrogens is 204 g/mol. The molecule has 2 rings (SSSR count). The molecule has 0 spiro atoms. The zero-order valence-corrected chi connectivity index (χ0v) is 10.8. The Morgan fingerprint density at radius 3 is 2.57 bits per heavy atom. The van der Waals surface area contributed by atoms with Gasteiger partial charge < -0.3 is 0 Å². The molecule has 0 fully saturated rings. The predicted molar refractivity (Wildman–Crippen MR) is 68.9 cm³/mol. The molecule has 74 valence electrons. The third kappa shape index (κ3) is 2.07. The number of fused-ring (bicyclic) bond motifs is 1. The van der Waals surface area contributed by atoms with E-state index in [4.69, 9.17) is 0 Å². The van der Waals surface area contributed by atoms with Crippen molar-refractivity contribution < 1.29 is 0 Å². The van der Waals surface area contributed by atoms with Gasteiger partial charge in [0.25, 0.3) is 0 Å². The minimum absolute atomic E-state index is 0.972. The SMILES string of the molecule is C[Si](C)(C)Cc1csc2ccccc12. The Labute approximate surface area is 90.6 Å². The number of thiophene rings is 1. The summed E-state index contributed by atoms with van der Waals surface area (Å²) in [6, 6.07) is 10.0. The fraction of sp³-hybridized carbons (Fsp3) is 0.333. The van der Waals surface area contributed by atoms with Crippen LogP contribution in [0.2, 0.25) is 19.6 Å². The zero-order chi connectivity index (χ0) is 10.2. The van der Waals surface area contributed by atoms with Crippen molar-refractivity contribution in [3.05, 3.63) is 35.2 Å². The van der Waals surface area contributed by atoms with Crippen LogP contribution < -0.4 is 0 Å². The Kier molecular flexibility index (Phi) is 2.50. The van der Waals surface area contributed by atoms with Crippen molar-refractivity contribution in [1.29, 1.82) is 0 Å². The standard InChI is InChI=1S/C12H16SSi/c1-14(2,3)9-10-8-13-12-7-5-4-6-11(10)12/h4-8H,9H2,1-3H3. The first-order valence-corrected chi connectivity index (χ1v) is 9.60. The number of rotatable bonds is 2. The lowest BCUT2D eigenvalue weighted by atomic mass is 10.2. The molecule has 1 heterocycles. The van der Waals surface area contributed by atoms with Gasteiger partial charge in [-0.05, 0) is 28.4 Å². The minimum Gasteiger partial charge on any atom is -0.144 e. The summed E-state index contributed by atoms with van der Waals surface area (Å²) in [5.74, 6) is 0. The van der Waals surface area contributed by atoms with Crippen molar-refractivity contribution in [2.45, 2.75) is 25.7 Å². The first-order chi connectivity index (χ1) is 6.56. The van der Waals surface area contributed by atoms with Gasteiger partial charge in [-0.2, -0.15) is 0 Å². The molecule has 1 aromatic carbocycles. The molecule has 0 radical (unpaired) electrons. The molecule has 0 aliphatic heterocycles. The average molecular weight is 220 g/mol. The van der Waals surface area contributed by atoms with Gasteiger partial charge in [-0.15, -0.1) is 11.3 Å². The van der Waals surface area contributed by atoms with Gasteiger partial charge in [0.15, 0.2) is 0 Å².